The van der Waals surface area contributed by atoms with E-state index in [2.05, 4.69) is 32.7 Å². The average Bonchev–Trinajstić information content (AvgIpc) is 3.20. The van der Waals surface area contributed by atoms with Gasteiger partial charge in [-0.25, -0.2) is 4.68 Å². The number of nitrogens with one attached hydrogen (secondary N) is 1. The Bertz CT molecular complexity index is 993. The SMILES string of the molecule is CCCCc1ccc(NC(=O)COc2cc(CSc3nnnn3C)ncc2OC)cc1. The second-order valence-electron chi connectivity index (χ2n) is 6.84. The first-order valence-electron chi connectivity index (χ1n) is 9.98. The molecule has 1 aromatic carbocycles. The molecule has 0 atom stereocenters. The second-order valence-corrected chi connectivity index (χ2v) is 7.78. The number of amides is 1. The summed E-state index contributed by atoms with van der Waals surface area (Å²) < 4.78 is 12.6. The van der Waals surface area contributed by atoms with E-state index in [0.717, 1.165) is 30.6 Å². The zero-order chi connectivity index (χ0) is 22.1. The van der Waals surface area contributed by atoms with Crippen molar-refractivity contribution in [3.8, 4) is 11.5 Å². The number of thioether (sulfide) groups is 1. The van der Waals surface area contributed by atoms with E-state index in [1.54, 1.807) is 24.0 Å². The zero-order valence-electron chi connectivity index (χ0n) is 17.9. The van der Waals surface area contributed by atoms with Gasteiger partial charge in [0, 0.05) is 24.6 Å². The van der Waals surface area contributed by atoms with Gasteiger partial charge in [0.15, 0.2) is 18.1 Å². The summed E-state index contributed by atoms with van der Waals surface area (Å²) in [5.41, 5.74) is 2.76. The number of hydrogen-bond donors (Lipinski definition) is 1. The summed E-state index contributed by atoms with van der Waals surface area (Å²) >= 11 is 1.45. The van der Waals surface area contributed by atoms with E-state index < -0.39 is 0 Å². The molecule has 0 bridgehead atoms. The maximum absolute atomic E-state index is 12.3. The van der Waals surface area contributed by atoms with Gasteiger partial charge in [-0.15, -0.1) is 5.10 Å². The number of aromatic nitrogens is 5. The molecule has 0 aliphatic rings. The van der Waals surface area contributed by atoms with Crippen molar-refractivity contribution in [3.63, 3.8) is 0 Å². The van der Waals surface area contributed by atoms with Crippen LogP contribution in [0.5, 0.6) is 11.5 Å². The van der Waals surface area contributed by atoms with Crippen LogP contribution < -0.4 is 14.8 Å². The maximum atomic E-state index is 12.3. The Labute approximate surface area is 185 Å². The lowest BCUT2D eigenvalue weighted by Crippen LogP contribution is -2.20. The summed E-state index contributed by atoms with van der Waals surface area (Å²) in [7, 11) is 3.30. The van der Waals surface area contributed by atoms with Gasteiger partial charge in [0.2, 0.25) is 5.16 Å². The Balaban J connectivity index is 1.55. The number of unbranched alkanes of at least 4 members (excludes halogenated alkanes) is 1. The topological polar surface area (TPSA) is 104 Å². The van der Waals surface area contributed by atoms with Crippen LogP contribution >= 0.6 is 11.8 Å². The summed E-state index contributed by atoms with van der Waals surface area (Å²) in [6, 6.07) is 9.65. The number of aryl methyl sites for hydroxylation is 2. The minimum atomic E-state index is -0.249. The van der Waals surface area contributed by atoms with E-state index >= 15 is 0 Å². The van der Waals surface area contributed by atoms with Crippen LogP contribution in [0.15, 0.2) is 41.7 Å². The molecular weight excluding hydrogens is 416 g/mol. The summed E-state index contributed by atoms with van der Waals surface area (Å²) in [6.45, 7) is 2.03. The third kappa shape index (κ3) is 6.68. The molecule has 3 aromatic rings. The number of rotatable bonds is 11. The molecule has 0 unspecified atom stereocenters. The van der Waals surface area contributed by atoms with Crippen molar-refractivity contribution in [1.82, 2.24) is 25.2 Å². The number of methoxy groups -OCH3 is 1. The molecule has 2 aromatic heterocycles. The molecule has 3 rings (SSSR count). The first-order chi connectivity index (χ1) is 15.1. The third-order valence-electron chi connectivity index (χ3n) is 4.45. The van der Waals surface area contributed by atoms with Crippen molar-refractivity contribution in [2.24, 2.45) is 7.05 Å². The van der Waals surface area contributed by atoms with Crippen LogP contribution in [0.2, 0.25) is 0 Å². The molecule has 0 aliphatic carbocycles. The summed E-state index contributed by atoms with van der Waals surface area (Å²) in [5, 5.41) is 14.9. The number of tetrazole rings is 1. The van der Waals surface area contributed by atoms with Crippen molar-refractivity contribution in [3.05, 3.63) is 47.8 Å². The number of carbonyl (C=O) groups excluding carboxylic acids is 1. The number of hydrogen-bond acceptors (Lipinski definition) is 8. The van der Waals surface area contributed by atoms with Crippen molar-refractivity contribution < 1.29 is 14.3 Å². The van der Waals surface area contributed by atoms with Gasteiger partial charge >= 0.3 is 0 Å². The molecular formula is C21H26N6O3S. The van der Waals surface area contributed by atoms with Crippen LogP contribution in [-0.4, -0.2) is 44.8 Å². The van der Waals surface area contributed by atoms with Gasteiger partial charge in [-0.3, -0.25) is 9.78 Å². The quantitative estimate of drug-likeness (QED) is 0.451. The molecule has 31 heavy (non-hydrogen) atoms. The Morgan fingerprint density at radius 1 is 1.23 bits per heavy atom. The molecule has 0 fully saturated rings. The van der Waals surface area contributed by atoms with Crippen LogP contribution in [0.25, 0.3) is 0 Å². The van der Waals surface area contributed by atoms with Crippen LogP contribution in [0, 0.1) is 0 Å². The molecule has 2 heterocycles. The molecule has 164 valence electrons. The lowest BCUT2D eigenvalue weighted by Gasteiger charge is -2.12. The molecule has 9 nitrogen and oxygen atoms in total. The zero-order valence-corrected chi connectivity index (χ0v) is 18.7. The van der Waals surface area contributed by atoms with E-state index in [1.165, 1.54) is 24.4 Å². The lowest BCUT2D eigenvalue weighted by molar-refractivity contribution is -0.118. The first-order valence-corrected chi connectivity index (χ1v) is 11.0. The van der Waals surface area contributed by atoms with Crippen molar-refractivity contribution in [1.29, 1.82) is 0 Å². The molecule has 0 saturated carbocycles. The van der Waals surface area contributed by atoms with Gasteiger partial charge in [0.1, 0.15) is 0 Å². The monoisotopic (exact) mass is 442 g/mol. The Morgan fingerprint density at radius 2 is 2.03 bits per heavy atom. The number of carbonyl (C=O) groups is 1. The summed E-state index contributed by atoms with van der Waals surface area (Å²) in [5.74, 6) is 1.21. The van der Waals surface area contributed by atoms with E-state index in [0.29, 0.717) is 22.4 Å². The minimum Gasteiger partial charge on any atom is -0.491 e. The van der Waals surface area contributed by atoms with Crippen molar-refractivity contribution in [2.45, 2.75) is 37.1 Å². The molecule has 0 radical (unpaired) electrons. The smallest absolute Gasteiger partial charge is 0.262 e. The standard InChI is InChI=1S/C21H26N6O3S/c1-4-5-6-15-7-9-16(10-8-15)23-20(28)13-30-18-11-17(22-12-19(18)29-3)14-31-21-24-25-26-27(21)2/h7-12H,4-6,13-14H2,1-3H3,(H,23,28). The van der Waals surface area contributed by atoms with Crippen LogP contribution in [0.3, 0.4) is 0 Å². The van der Waals surface area contributed by atoms with Gasteiger partial charge in [-0.05, 0) is 41.0 Å². The number of anilines is 1. The van der Waals surface area contributed by atoms with E-state index in [1.807, 2.05) is 24.3 Å². The number of pyridine rings is 1. The highest BCUT2D eigenvalue weighted by Crippen LogP contribution is 2.29. The maximum Gasteiger partial charge on any atom is 0.262 e. The molecule has 1 amide bonds. The average molecular weight is 443 g/mol. The second kappa shape index (κ2) is 11.3. The fourth-order valence-corrected chi connectivity index (χ4v) is 3.52. The molecule has 1 N–H and O–H groups in total. The molecule has 0 saturated heterocycles. The number of ether oxygens (including phenoxy) is 2. The van der Waals surface area contributed by atoms with Gasteiger partial charge in [-0.1, -0.05) is 37.2 Å². The predicted octanol–water partition coefficient (Wildman–Crippen LogP) is 3.27. The third-order valence-corrected chi connectivity index (χ3v) is 5.50. The largest absolute Gasteiger partial charge is 0.491 e. The Kier molecular flexibility index (Phi) is 8.22. The normalized spacial score (nSPS) is 10.7. The Hall–Kier alpha value is -3.14. The molecule has 0 aliphatic heterocycles. The fourth-order valence-electron chi connectivity index (χ4n) is 2.77. The van der Waals surface area contributed by atoms with E-state index in [9.17, 15) is 4.79 Å². The van der Waals surface area contributed by atoms with Crippen LogP contribution in [0.4, 0.5) is 5.69 Å². The van der Waals surface area contributed by atoms with Crippen LogP contribution in [-0.2, 0) is 24.0 Å². The van der Waals surface area contributed by atoms with Gasteiger partial charge in [-0.2, -0.15) is 0 Å². The predicted molar refractivity (Wildman–Crippen MR) is 118 cm³/mol. The van der Waals surface area contributed by atoms with Crippen LogP contribution in [0.1, 0.15) is 31.0 Å². The summed E-state index contributed by atoms with van der Waals surface area (Å²) in [4.78, 5) is 16.7. The first kappa shape index (κ1) is 22.5. The fraction of sp³-hybridized carbons (Fsp3) is 0.381. The number of nitrogens with zero attached hydrogens (tertiary/aromatic N) is 5. The number of benzene rings is 1. The van der Waals surface area contributed by atoms with E-state index in [-0.39, 0.29) is 12.5 Å². The van der Waals surface area contributed by atoms with Crippen molar-refractivity contribution in [2.75, 3.05) is 19.0 Å². The van der Waals surface area contributed by atoms with Crippen molar-refractivity contribution >= 4 is 23.4 Å². The van der Waals surface area contributed by atoms with E-state index in [4.69, 9.17) is 9.47 Å². The highest BCUT2D eigenvalue weighted by molar-refractivity contribution is 7.98. The van der Waals surface area contributed by atoms with Gasteiger partial charge in [0.25, 0.3) is 5.91 Å². The minimum absolute atomic E-state index is 0.141. The highest BCUT2D eigenvalue weighted by atomic mass is 32.2. The Morgan fingerprint density at radius 3 is 2.71 bits per heavy atom. The molecule has 10 heteroatoms. The molecule has 0 spiro atoms. The van der Waals surface area contributed by atoms with Gasteiger partial charge in [0.05, 0.1) is 19.0 Å². The van der Waals surface area contributed by atoms with Gasteiger partial charge < -0.3 is 14.8 Å². The lowest BCUT2D eigenvalue weighted by atomic mass is 10.1. The highest BCUT2D eigenvalue weighted by Gasteiger charge is 2.12. The summed E-state index contributed by atoms with van der Waals surface area (Å²) in [6.07, 6.45) is 4.94.